The van der Waals surface area contributed by atoms with Crippen molar-refractivity contribution in [2.45, 2.75) is 44.6 Å². The lowest BCUT2D eigenvalue weighted by Crippen LogP contribution is -2.48. The van der Waals surface area contributed by atoms with Gasteiger partial charge in [0.15, 0.2) is 0 Å². The van der Waals surface area contributed by atoms with Crippen molar-refractivity contribution in [3.63, 3.8) is 0 Å². The van der Waals surface area contributed by atoms with Crippen molar-refractivity contribution >= 4 is 41.0 Å². The van der Waals surface area contributed by atoms with E-state index in [4.69, 9.17) is 13.7 Å². The quantitative estimate of drug-likeness (QED) is 0.187. The maximum atomic E-state index is 13.3. The van der Waals surface area contributed by atoms with Crippen LogP contribution in [-0.2, 0) is 35.7 Å². The molecule has 0 radical (unpaired) electrons. The molecule has 1 unspecified atom stereocenters. The second-order valence-corrected chi connectivity index (χ2v) is 17.0. The second-order valence-electron chi connectivity index (χ2n) is 9.77. The molecule has 1 aromatic heterocycles. The van der Waals surface area contributed by atoms with Crippen LogP contribution in [0.1, 0.15) is 18.9 Å². The van der Waals surface area contributed by atoms with Crippen LogP contribution in [0.15, 0.2) is 23.0 Å². The molecule has 2 amide bonds. The van der Waals surface area contributed by atoms with Gasteiger partial charge in [-0.2, -0.15) is 8.42 Å². The molecule has 3 rings (SSSR count). The van der Waals surface area contributed by atoms with E-state index in [2.05, 4.69) is 19.6 Å². The third-order valence-corrected chi connectivity index (χ3v) is 8.02. The van der Waals surface area contributed by atoms with Crippen molar-refractivity contribution in [3.8, 4) is 5.75 Å². The molecule has 1 aliphatic heterocycles. The van der Waals surface area contributed by atoms with Gasteiger partial charge in [0, 0.05) is 28.1 Å². The van der Waals surface area contributed by atoms with E-state index in [9.17, 15) is 22.8 Å². The molecule has 0 bridgehead atoms. The van der Waals surface area contributed by atoms with Gasteiger partial charge in [-0.1, -0.05) is 25.7 Å². The molecule has 0 aliphatic carbocycles. The minimum absolute atomic E-state index is 0.0506. The van der Waals surface area contributed by atoms with Crippen LogP contribution in [0.5, 0.6) is 5.75 Å². The Morgan fingerprint density at radius 1 is 1.09 bits per heavy atom. The summed E-state index contributed by atoms with van der Waals surface area (Å²) in [7, 11) is -3.35. The first kappa shape index (κ1) is 27.1. The van der Waals surface area contributed by atoms with E-state index in [0.717, 1.165) is 17.2 Å². The molecule has 35 heavy (non-hydrogen) atoms. The van der Waals surface area contributed by atoms with Gasteiger partial charge in [0.25, 0.3) is 16.0 Å². The Balaban J connectivity index is 1.83. The molecule has 13 heteroatoms. The topological polar surface area (TPSA) is 126 Å². The molecule has 11 nitrogen and oxygen atoms in total. The number of benzene rings is 1. The predicted molar refractivity (Wildman–Crippen MR) is 133 cm³/mol. The summed E-state index contributed by atoms with van der Waals surface area (Å²) in [5.74, 6) is -0.442. The molecule has 1 aliphatic rings. The Morgan fingerprint density at radius 2 is 1.80 bits per heavy atom. The first-order chi connectivity index (χ1) is 16.3. The van der Waals surface area contributed by atoms with Crippen LogP contribution in [0.4, 0.5) is 0 Å². The third kappa shape index (κ3) is 6.60. The molecular weight excluding hydrogens is 494 g/mol. The van der Waals surface area contributed by atoms with Crippen LogP contribution in [0.3, 0.4) is 0 Å². The SMILES string of the molecule is Cn1c(=O)n(C2CCC(=O)N(COCC[Si](C)(C)C)C2=O)c2cccc(OCCOS(C)(=O)=O)c21. The highest BCUT2D eigenvalue weighted by Gasteiger charge is 2.37. The minimum Gasteiger partial charge on any atom is -0.489 e. The van der Waals surface area contributed by atoms with E-state index in [0.29, 0.717) is 23.4 Å². The number of carbonyl (C=O) groups excluding carboxylic acids is 2. The average molecular weight is 528 g/mol. The van der Waals surface area contributed by atoms with E-state index in [1.165, 1.54) is 9.13 Å². The van der Waals surface area contributed by atoms with Crippen molar-refractivity contribution < 1.29 is 31.7 Å². The molecule has 194 valence electrons. The predicted octanol–water partition coefficient (Wildman–Crippen LogP) is 1.70. The summed E-state index contributed by atoms with van der Waals surface area (Å²) in [6.45, 7) is 6.75. The first-order valence-corrected chi connectivity index (χ1v) is 16.9. The number of aromatic nitrogens is 2. The van der Waals surface area contributed by atoms with Crippen LogP contribution in [-0.4, -0.2) is 75.1 Å². The molecule has 2 heterocycles. The maximum Gasteiger partial charge on any atom is 0.329 e. The number of imidazole rings is 1. The highest BCUT2D eigenvalue weighted by Crippen LogP contribution is 2.30. The number of carbonyl (C=O) groups is 2. The van der Waals surface area contributed by atoms with Gasteiger partial charge in [0.1, 0.15) is 37.3 Å². The highest BCUT2D eigenvalue weighted by molar-refractivity contribution is 7.85. The van der Waals surface area contributed by atoms with Crippen LogP contribution < -0.4 is 10.4 Å². The molecule has 1 saturated heterocycles. The van der Waals surface area contributed by atoms with Gasteiger partial charge in [-0.25, -0.2) is 4.79 Å². The molecule has 0 saturated carbocycles. The van der Waals surface area contributed by atoms with Gasteiger partial charge in [-0.05, 0) is 24.6 Å². The Bertz CT molecular complexity index is 1260. The molecule has 1 fully saturated rings. The highest BCUT2D eigenvalue weighted by atomic mass is 32.2. The van der Waals surface area contributed by atoms with Crippen LogP contribution in [0, 0.1) is 0 Å². The summed E-state index contributed by atoms with van der Waals surface area (Å²) in [5, 5.41) is 0. The fourth-order valence-electron chi connectivity index (χ4n) is 3.89. The third-order valence-electron chi connectivity index (χ3n) is 5.72. The fraction of sp³-hybridized carbons (Fsp3) is 0.591. The number of para-hydroxylation sites is 1. The van der Waals surface area contributed by atoms with Crippen LogP contribution >= 0.6 is 0 Å². The second kappa shape index (κ2) is 10.6. The fourth-order valence-corrected chi connectivity index (χ4v) is 5.02. The zero-order valence-electron chi connectivity index (χ0n) is 20.8. The molecule has 0 N–H and O–H groups in total. The number of ether oxygens (including phenoxy) is 2. The Labute approximate surface area is 205 Å². The largest absolute Gasteiger partial charge is 0.489 e. The van der Waals surface area contributed by atoms with Crippen LogP contribution in [0.2, 0.25) is 25.7 Å². The molecule has 0 spiro atoms. The zero-order chi connectivity index (χ0) is 26.0. The standard InChI is InChI=1S/C22H33N3O8SSi/c1-23-20-16(7-6-8-18(20)32-11-12-33-34(2,29)30)25(22(23)28)17-9-10-19(26)24(21(17)27)15-31-13-14-35(3,4)5/h6-8,17H,9-15H2,1-5H3. The molecular formula is C22H33N3O8SSi. The Hall–Kier alpha value is -2.48. The van der Waals surface area contributed by atoms with Gasteiger partial charge in [-0.15, -0.1) is 0 Å². The Morgan fingerprint density at radius 3 is 2.46 bits per heavy atom. The number of piperidine rings is 1. The van der Waals surface area contributed by atoms with Gasteiger partial charge < -0.3 is 9.47 Å². The van der Waals surface area contributed by atoms with E-state index < -0.39 is 35.8 Å². The summed E-state index contributed by atoms with van der Waals surface area (Å²) >= 11 is 0. The van der Waals surface area contributed by atoms with Gasteiger partial charge in [0.05, 0.1) is 11.8 Å². The maximum absolute atomic E-state index is 13.3. The average Bonchev–Trinajstić information content (AvgIpc) is 3.00. The number of aryl methyl sites for hydroxylation is 1. The lowest BCUT2D eigenvalue weighted by molar-refractivity contribution is -0.157. The lowest BCUT2D eigenvalue weighted by atomic mass is 10.0. The molecule has 1 atom stereocenters. The molecule has 2 aromatic rings. The van der Waals surface area contributed by atoms with E-state index in [-0.39, 0.29) is 38.7 Å². The summed E-state index contributed by atoms with van der Waals surface area (Å²) in [4.78, 5) is 40.0. The monoisotopic (exact) mass is 527 g/mol. The number of amides is 2. The van der Waals surface area contributed by atoms with Crippen molar-refractivity contribution in [2.75, 3.05) is 32.8 Å². The van der Waals surface area contributed by atoms with E-state index >= 15 is 0 Å². The van der Waals surface area contributed by atoms with Crippen molar-refractivity contribution in [1.29, 1.82) is 0 Å². The number of nitrogens with zero attached hydrogens (tertiary/aromatic N) is 3. The van der Waals surface area contributed by atoms with Gasteiger partial charge >= 0.3 is 5.69 Å². The van der Waals surface area contributed by atoms with Gasteiger partial charge in [0.2, 0.25) is 5.91 Å². The number of hydrogen-bond donors (Lipinski definition) is 0. The first-order valence-electron chi connectivity index (χ1n) is 11.4. The minimum atomic E-state index is -3.60. The van der Waals surface area contributed by atoms with Gasteiger partial charge in [-0.3, -0.25) is 27.8 Å². The van der Waals surface area contributed by atoms with E-state index in [1.54, 1.807) is 25.2 Å². The Kier molecular flexibility index (Phi) is 8.24. The lowest BCUT2D eigenvalue weighted by Gasteiger charge is -2.31. The summed E-state index contributed by atoms with van der Waals surface area (Å²) in [6, 6.07) is 5.09. The number of imide groups is 1. The number of hydrogen-bond acceptors (Lipinski definition) is 8. The van der Waals surface area contributed by atoms with E-state index in [1.807, 2.05) is 0 Å². The molecule has 1 aromatic carbocycles. The zero-order valence-corrected chi connectivity index (χ0v) is 22.6. The normalized spacial score (nSPS) is 17.4. The number of fused-ring (bicyclic) bond motifs is 1. The summed E-state index contributed by atoms with van der Waals surface area (Å²) in [6.07, 6.45) is 1.27. The summed E-state index contributed by atoms with van der Waals surface area (Å²) in [5.41, 5.74) is 0.515. The van der Waals surface area contributed by atoms with Crippen molar-refractivity contribution in [3.05, 3.63) is 28.7 Å². The number of rotatable bonds is 11. The van der Waals surface area contributed by atoms with Crippen LogP contribution in [0.25, 0.3) is 11.0 Å². The van der Waals surface area contributed by atoms with Crippen molar-refractivity contribution in [1.82, 2.24) is 14.0 Å². The summed E-state index contributed by atoms with van der Waals surface area (Å²) < 4.78 is 41.1. The smallest absolute Gasteiger partial charge is 0.329 e. The van der Waals surface area contributed by atoms with Crippen molar-refractivity contribution in [2.24, 2.45) is 7.05 Å². The number of likely N-dealkylation sites (tertiary alicyclic amines) is 1.